The maximum absolute atomic E-state index is 10.4. The van der Waals surface area contributed by atoms with E-state index in [0.29, 0.717) is 12.5 Å². The van der Waals surface area contributed by atoms with Crippen LogP contribution in [0, 0.1) is 5.92 Å². The molecule has 0 heterocycles. The second-order valence-corrected chi connectivity index (χ2v) is 2.80. The van der Waals surface area contributed by atoms with Gasteiger partial charge in [0.1, 0.15) is 0 Å². The molecule has 0 bridgehead atoms. The number of urea groups is 1. The summed E-state index contributed by atoms with van der Waals surface area (Å²) in [7, 11) is 1.43. The number of carbonyl (C=O) groups is 1. The van der Waals surface area contributed by atoms with Crippen LogP contribution in [0.5, 0.6) is 0 Å². The van der Waals surface area contributed by atoms with E-state index in [4.69, 9.17) is 15.2 Å². The van der Waals surface area contributed by atoms with Crippen LogP contribution in [0.2, 0.25) is 0 Å². The fourth-order valence-electron chi connectivity index (χ4n) is 0.565. The van der Waals surface area contributed by atoms with Crippen molar-refractivity contribution in [2.24, 2.45) is 11.7 Å². The Balaban J connectivity index is 3.60. The van der Waals surface area contributed by atoms with Crippen LogP contribution < -0.4 is 11.1 Å². The van der Waals surface area contributed by atoms with E-state index in [9.17, 15) is 4.79 Å². The first-order chi connectivity index (χ1) is 5.56. The Hall–Kier alpha value is -0.810. The van der Waals surface area contributed by atoms with Crippen LogP contribution in [0.3, 0.4) is 0 Å². The Kier molecular flexibility index (Phi) is 5.40. The topological polar surface area (TPSA) is 73.6 Å². The summed E-state index contributed by atoms with van der Waals surface area (Å²) in [4.78, 5) is 10.4. The fraction of sp³-hybridized carbons (Fsp3) is 0.857. The van der Waals surface area contributed by atoms with E-state index < -0.39 is 12.4 Å². The minimum atomic E-state index is -0.745. The van der Waals surface area contributed by atoms with E-state index in [1.165, 1.54) is 7.11 Å². The molecule has 0 aromatic rings. The van der Waals surface area contributed by atoms with E-state index in [2.05, 4.69) is 5.32 Å². The van der Waals surface area contributed by atoms with Crippen LogP contribution in [0.1, 0.15) is 13.8 Å². The van der Waals surface area contributed by atoms with Crippen molar-refractivity contribution in [3.8, 4) is 0 Å². The fourth-order valence-corrected chi connectivity index (χ4v) is 0.565. The van der Waals surface area contributed by atoms with Gasteiger partial charge in [0.25, 0.3) is 0 Å². The molecule has 0 saturated carbocycles. The number of rotatable bonds is 5. The molecule has 12 heavy (non-hydrogen) atoms. The molecule has 0 radical (unpaired) electrons. The highest BCUT2D eigenvalue weighted by atomic mass is 16.7. The summed E-state index contributed by atoms with van der Waals surface area (Å²) in [5.74, 6) is 0.386. The Bertz CT molecular complexity index is 139. The van der Waals surface area contributed by atoms with Crippen molar-refractivity contribution in [2.45, 2.75) is 20.3 Å². The SMILES string of the molecule is COC(NC(N)=O)OCC(C)C. The van der Waals surface area contributed by atoms with E-state index in [1.54, 1.807) is 0 Å². The molecule has 1 unspecified atom stereocenters. The molecular formula is C7H16N2O3. The lowest BCUT2D eigenvalue weighted by Crippen LogP contribution is -2.42. The van der Waals surface area contributed by atoms with Gasteiger partial charge in [0.2, 0.25) is 6.41 Å². The smallest absolute Gasteiger partial charge is 0.316 e. The first-order valence-corrected chi connectivity index (χ1v) is 3.76. The quantitative estimate of drug-likeness (QED) is 0.590. The lowest BCUT2D eigenvalue weighted by atomic mass is 10.2. The first-order valence-electron chi connectivity index (χ1n) is 3.76. The van der Waals surface area contributed by atoms with Crippen molar-refractivity contribution in [1.29, 1.82) is 0 Å². The third-order valence-electron chi connectivity index (χ3n) is 1.06. The molecule has 0 rings (SSSR count). The van der Waals surface area contributed by atoms with Gasteiger partial charge in [0.15, 0.2) is 0 Å². The predicted octanol–water partition coefficient (Wildman–Crippen LogP) is 0.257. The summed E-state index contributed by atoms with van der Waals surface area (Å²) in [6.07, 6.45) is -0.745. The average Bonchev–Trinajstić information content (AvgIpc) is 1.97. The van der Waals surface area contributed by atoms with Crippen molar-refractivity contribution in [3.63, 3.8) is 0 Å². The monoisotopic (exact) mass is 176 g/mol. The summed E-state index contributed by atoms with van der Waals surface area (Å²) >= 11 is 0. The molecule has 72 valence electrons. The zero-order chi connectivity index (χ0) is 9.56. The number of methoxy groups -OCH3 is 1. The summed E-state index contributed by atoms with van der Waals surface area (Å²) in [5, 5.41) is 2.28. The van der Waals surface area contributed by atoms with E-state index >= 15 is 0 Å². The lowest BCUT2D eigenvalue weighted by Gasteiger charge is -2.17. The van der Waals surface area contributed by atoms with Gasteiger partial charge in [0, 0.05) is 7.11 Å². The van der Waals surface area contributed by atoms with Gasteiger partial charge < -0.3 is 15.2 Å². The molecule has 0 aromatic carbocycles. The highest BCUT2D eigenvalue weighted by Gasteiger charge is 2.08. The maximum Gasteiger partial charge on any atom is 0.316 e. The highest BCUT2D eigenvalue weighted by Crippen LogP contribution is 1.96. The number of nitrogens with two attached hydrogens (primary N) is 1. The molecule has 2 amide bonds. The Morgan fingerprint density at radius 2 is 2.17 bits per heavy atom. The van der Waals surface area contributed by atoms with Crippen molar-refractivity contribution in [1.82, 2.24) is 5.32 Å². The molecule has 0 aliphatic rings. The molecule has 0 aromatic heterocycles. The Labute approximate surface area is 72.2 Å². The first kappa shape index (κ1) is 11.2. The second kappa shape index (κ2) is 5.79. The number of amides is 2. The standard InChI is InChI=1S/C7H16N2O3/c1-5(2)4-12-7(11-3)9-6(8)10/h5,7H,4H2,1-3H3,(H3,8,9,10). The van der Waals surface area contributed by atoms with Gasteiger partial charge in [-0.3, -0.25) is 5.32 Å². The normalized spacial score (nSPS) is 13.0. The van der Waals surface area contributed by atoms with Crippen LogP contribution in [-0.2, 0) is 9.47 Å². The number of hydrogen-bond acceptors (Lipinski definition) is 3. The van der Waals surface area contributed by atoms with Crippen LogP contribution >= 0.6 is 0 Å². The van der Waals surface area contributed by atoms with Crippen LogP contribution in [-0.4, -0.2) is 26.2 Å². The highest BCUT2D eigenvalue weighted by molar-refractivity contribution is 5.71. The number of carbonyl (C=O) groups excluding carboxylic acids is 1. The van der Waals surface area contributed by atoms with Crippen LogP contribution in [0.4, 0.5) is 4.79 Å². The zero-order valence-electron chi connectivity index (χ0n) is 7.66. The minimum Gasteiger partial charge on any atom is -0.352 e. The molecule has 3 N–H and O–H groups in total. The summed E-state index contributed by atoms with van der Waals surface area (Å²) in [6.45, 7) is 4.51. The Morgan fingerprint density at radius 1 is 1.58 bits per heavy atom. The molecule has 0 fully saturated rings. The summed E-state index contributed by atoms with van der Waals surface area (Å²) in [6, 6.07) is -0.661. The van der Waals surface area contributed by atoms with E-state index in [1.807, 2.05) is 13.8 Å². The Morgan fingerprint density at radius 3 is 2.50 bits per heavy atom. The van der Waals surface area contributed by atoms with Gasteiger partial charge in [0.05, 0.1) is 6.61 Å². The average molecular weight is 176 g/mol. The molecule has 0 aliphatic heterocycles. The number of nitrogens with one attached hydrogen (secondary N) is 1. The van der Waals surface area contributed by atoms with Crippen molar-refractivity contribution < 1.29 is 14.3 Å². The molecule has 5 nitrogen and oxygen atoms in total. The second-order valence-electron chi connectivity index (χ2n) is 2.80. The maximum atomic E-state index is 10.4. The minimum absolute atomic E-state index is 0.386. The molecule has 0 aliphatic carbocycles. The number of ether oxygens (including phenoxy) is 2. The largest absolute Gasteiger partial charge is 0.352 e. The number of hydrogen-bond donors (Lipinski definition) is 2. The van der Waals surface area contributed by atoms with Crippen LogP contribution in [0.15, 0.2) is 0 Å². The van der Waals surface area contributed by atoms with Crippen molar-refractivity contribution in [2.75, 3.05) is 13.7 Å². The third-order valence-corrected chi connectivity index (χ3v) is 1.06. The van der Waals surface area contributed by atoms with Gasteiger partial charge in [-0.05, 0) is 5.92 Å². The van der Waals surface area contributed by atoms with Gasteiger partial charge >= 0.3 is 6.03 Å². The summed E-state index contributed by atoms with van der Waals surface area (Å²) < 4.78 is 9.91. The zero-order valence-corrected chi connectivity index (χ0v) is 7.66. The summed E-state index contributed by atoms with van der Waals surface area (Å²) in [5.41, 5.74) is 4.87. The molecule has 5 heteroatoms. The lowest BCUT2D eigenvalue weighted by molar-refractivity contribution is -0.140. The van der Waals surface area contributed by atoms with E-state index in [-0.39, 0.29) is 0 Å². The molecular weight excluding hydrogens is 160 g/mol. The van der Waals surface area contributed by atoms with Crippen LogP contribution in [0.25, 0.3) is 0 Å². The number of primary amides is 1. The molecule has 1 atom stereocenters. The third kappa shape index (κ3) is 5.94. The molecule has 0 saturated heterocycles. The molecule has 0 spiro atoms. The van der Waals surface area contributed by atoms with Gasteiger partial charge in [-0.2, -0.15) is 0 Å². The van der Waals surface area contributed by atoms with E-state index in [0.717, 1.165) is 0 Å². The van der Waals surface area contributed by atoms with Crippen molar-refractivity contribution >= 4 is 6.03 Å². The van der Waals surface area contributed by atoms with Crippen molar-refractivity contribution in [3.05, 3.63) is 0 Å². The predicted molar refractivity (Wildman–Crippen MR) is 44.3 cm³/mol. The van der Waals surface area contributed by atoms with Gasteiger partial charge in [-0.1, -0.05) is 13.8 Å². The van der Waals surface area contributed by atoms with Gasteiger partial charge in [-0.15, -0.1) is 0 Å². The van der Waals surface area contributed by atoms with Gasteiger partial charge in [-0.25, -0.2) is 4.79 Å².